The Balaban J connectivity index is -0.0000115. The summed E-state index contributed by atoms with van der Waals surface area (Å²) < 4.78 is 77.1. The molecule has 0 N–H and O–H groups in total. The van der Waals surface area contributed by atoms with E-state index < -0.39 is 102 Å². The number of rotatable bonds is 22. The fourth-order valence-electron chi connectivity index (χ4n) is 6.00. The lowest BCUT2D eigenvalue weighted by atomic mass is 10.8. The third-order valence-corrected chi connectivity index (χ3v) is 45.4. The van der Waals surface area contributed by atoms with Gasteiger partial charge < -0.3 is 45.3 Å². The quantitative estimate of drug-likeness (QED) is 0.0971. The van der Waals surface area contributed by atoms with Crippen LogP contribution in [0.2, 0.25) is 170 Å². The Morgan fingerprint density at radius 1 is 0.216 bits per heavy atom. The van der Waals surface area contributed by atoms with Crippen LogP contribution in [0, 0.1) is 0 Å². The van der Waals surface area contributed by atoms with Crippen molar-refractivity contribution in [2.24, 2.45) is 0 Å². The average Bonchev–Trinajstić information content (AvgIpc) is 2.51. The molecule has 0 saturated carbocycles. The zero-order chi connectivity index (χ0) is 39.8. The largest absolute Gasteiger partial charge is 0.644 e. The maximum absolute atomic E-state index is 7.40. The highest BCUT2D eigenvalue weighted by Gasteiger charge is 2.65. The van der Waals surface area contributed by atoms with Crippen molar-refractivity contribution in [3.63, 3.8) is 0 Å². The Morgan fingerprint density at radius 2 is 0.373 bits per heavy atom. The topological polar surface area (TPSA) is 102 Å². The van der Waals surface area contributed by atoms with Crippen LogP contribution in [-0.4, -0.2) is 111 Å². The van der Waals surface area contributed by atoms with E-state index in [4.69, 9.17) is 45.3 Å². The third kappa shape index (κ3) is 28.3. The van der Waals surface area contributed by atoms with Gasteiger partial charge in [-0.05, 0) is 164 Å². The normalized spacial score (nSPS) is 15.4. The Bertz CT molecular complexity index is 962. The Kier molecular flexibility index (Phi) is 21.3. The van der Waals surface area contributed by atoms with E-state index in [-0.39, 0.29) is 15.8 Å². The molecule has 0 aromatic carbocycles. The van der Waals surface area contributed by atoms with E-state index in [1.807, 2.05) is 45.8 Å². The molecule has 0 aliphatic carbocycles. The SMILES string of the molecule is C.C[Si](C)(C)O[Si](C)(C)O[Si](C)(O[Si](C)(C)O[Si](C)(C)C)O[Si](O[Si](C)(C)O[Si](C)(C)C)(O[Si](C)(C)O[Si](C)(C)C)O[Si](C)(C)O[Si](C)(C)C.[B]. The lowest BCUT2D eigenvalue weighted by molar-refractivity contribution is 0.0800. The van der Waals surface area contributed by atoms with E-state index >= 15 is 0 Å². The average molecular weight is 931 g/mol. The van der Waals surface area contributed by atoms with Gasteiger partial charge in [0.25, 0.3) is 0 Å². The number of hydrogen-bond acceptors (Lipinski definition) is 11. The van der Waals surface area contributed by atoms with Gasteiger partial charge in [0.1, 0.15) is 0 Å². The Labute approximate surface area is 331 Å². The van der Waals surface area contributed by atoms with Crippen LogP contribution in [0.25, 0.3) is 0 Å². The summed E-state index contributed by atoms with van der Waals surface area (Å²) in [5.74, 6) is 0. The summed E-state index contributed by atoms with van der Waals surface area (Å²) in [7, 11) is -33.1. The minimum absolute atomic E-state index is 0. The summed E-state index contributed by atoms with van der Waals surface area (Å²) in [6, 6.07) is 0. The van der Waals surface area contributed by atoms with E-state index in [0.29, 0.717) is 0 Å². The van der Waals surface area contributed by atoms with Gasteiger partial charge in [0.15, 0.2) is 41.6 Å². The summed E-state index contributed by atoms with van der Waals surface area (Å²) in [6.45, 7) is 54.7. The van der Waals surface area contributed by atoms with Gasteiger partial charge >= 0.3 is 60.7 Å². The van der Waals surface area contributed by atoms with Gasteiger partial charge in [-0.15, -0.1) is 0 Å². The van der Waals surface area contributed by atoms with Gasteiger partial charge in [-0.2, -0.15) is 0 Å². The monoisotopic (exact) mass is 929 g/mol. The first-order valence-electron chi connectivity index (χ1n) is 17.5. The maximum atomic E-state index is 7.40. The fraction of sp³-hybridized carbons (Fsp3) is 1.00. The van der Waals surface area contributed by atoms with Crippen molar-refractivity contribution in [2.75, 3.05) is 0 Å². The second kappa shape index (κ2) is 18.9. The van der Waals surface area contributed by atoms with E-state index in [9.17, 15) is 0 Å². The van der Waals surface area contributed by atoms with Gasteiger partial charge in [0.05, 0.1) is 0 Å². The molecule has 0 aromatic rings. The molecule has 0 aliphatic rings. The van der Waals surface area contributed by atoms with Crippen molar-refractivity contribution in [1.29, 1.82) is 0 Å². The lowest BCUT2D eigenvalue weighted by Crippen LogP contribution is -2.72. The zero-order valence-corrected chi connectivity index (χ0v) is 49.1. The molecule has 0 unspecified atom stereocenters. The molecule has 51 heavy (non-hydrogen) atoms. The van der Waals surface area contributed by atoms with Crippen LogP contribution in [0.5, 0.6) is 0 Å². The minimum atomic E-state index is -4.31. The standard InChI is InChI=1S/C26H78O11Si12.CH4.B/c1-38(2,3)27-43(16,17)32-48(26,33-44(18,19)28-39(4,5)6)37-49(34-45(20,21)29-40(7,8)9,35-46(22,23)30-41(10,11)12)36-47(24,25)31-42(13,14)15;;/h1-26H3;1H4;. The molecule has 11 nitrogen and oxygen atoms in total. The van der Waals surface area contributed by atoms with Crippen molar-refractivity contribution in [1.82, 2.24) is 0 Å². The Hall–Kier alpha value is 2.23. The molecule has 3 radical (unpaired) electrons. The summed E-state index contributed by atoms with van der Waals surface area (Å²) in [6.07, 6.45) is 0. The van der Waals surface area contributed by atoms with Crippen LogP contribution in [0.3, 0.4) is 0 Å². The van der Waals surface area contributed by atoms with Crippen molar-refractivity contribution < 1.29 is 45.3 Å². The van der Waals surface area contributed by atoms with Gasteiger partial charge in [-0.1, -0.05) is 7.43 Å². The fourth-order valence-corrected chi connectivity index (χ4v) is 59.3. The van der Waals surface area contributed by atoms with Crippen LogP contribution >= 0.6 is 0 Å². The molecular formula is C27H82BO11Si12. The minimum Gasteiger partial charge on any atom is -0.437 e. The second-order valence-corrected chi connectivity index (χ2v) is 66.9. The van der Waals surface area contributed by atoms with Crippen LogP contribution in [-0.2, 0) is 45.3 Å². The number of hydrogen-bond donors (Lipinski definition) is 0. The third-order valence-electron chi connectivity index (χ3n) is 5.05. The molecule has 0 saturated heterocycles. The van der Waals surface area contributed by atoms with E-state index in [1.165, 1.54) is 0 Å². The maximum Gasteiger partial charge on any atom is 0.644 e. The van der Waals surface area contributed by atoms with Crippen molar-refractivity contribution >= 4 is 111 Å². The second-order valence-electron chi connectivity index (χ2n) is 20.0. The smallest absolute Gasteiger partial charge is 0.437 e. The highest BCUT2D eigenvalue weighted by atomic mass is 28.6. The van der Waals surface area contributed by atoms with Crippen LogP contribution < -0.4 is 0 Å². The first-order valence-corrected chi connectivity index (χ1v) is 52.5. The molecule has 0 aliphatic heterocycles. The van der Waals surface area contributed by atoms with Gasteiger partial charge in [0.2, 0.25) is 0 Å². The highest BCUT2D eigenvalue weighted by Crippen LogP contribution is 2.36. The molecular weight excluding hydrogens is 848 g/mol. The van der Waals surface area contributed by atoms with Gasteiger partial charge in [0, 0.05) is 15.0 Å². The molecule has 0 spiro atoms. The van der Waals surface area contributed by atoms with Crippen LogP contribution in [0.15, 0.2) is 0 Å². The van der Waals surface area contributed by atoms with Crippen molar-refractivity contribution in [3.8, 4) is 0 Å². The molecule has 0 bridgehead atoms. The molecule has 0 atom stereocenters. The first kappa shape index (κ1) is 57.6. The van der Waals surface area contributed by atoms with Gasteiger partial charge in [-0.3, -0.25) is 0 Å². The zero-order valence-electron chi connectivity index (χ0n) is 37.1. The highest BCUT2D eigenvalue weighted by molar-refractivity contribution is 6.95. The summed E-state index contributed by atoms with van der Waals surface area (Å²) in [5.41, 5.74) is 0. The first-order chi connectivity index (χ1) is 20.8. The summed E-state index contributed by atoms with van der Waals surface area (Å²) in [5, 5.41) is 0. The van der Waals surface area contributed by atoms with Crippen molar-refractivity contribution in [2.45, 2.75) is 178 Å². The molecule has 0 amide bonds. The van der Waals surface area contributed by atoms with E-state index in [1.54, 1.807) is 0 Å². The van der Waals surface area contributed by atoms with E-state index in [0.717, 1.165) is 0 Å². The van der Waals surface area contributed by atoms with Crippen LogP contribution in [0.1, 0.15) is 7.43 Å². The molecule has 0 aromatic heterocycles. The van der Waals surface area contributed by atoms with E-state index in [2.05, 4.69) is 124 Å². The molecule has 0 fully saturated rings. The molecule has 24 heteroatoms. The molecule has 307 valence electrons. The Morgan fingerprint density at radius 3 is 0.529 bits per heavy atom. The molecule has 0 heterocycles. The predicted octanol–water partition coefficient (Wildman–Crippen LogP) is 10.1. The van der Waals surface area contributed by atoms with Crippen molar-refractivity contribution in [3.05, 3.63) is 0 Å². The van der Waals surface area contributed by atoms with Gasteiger partial charge in [-0.25, -0.2) is 0 Å². The summed E-state index contributed by atoms with van der Waals surface area (Å²) >= 11 is 0. The lowest BCUT2D eigenvalue weighted by Gasteiger charge is -2.49. The summed E-state index contributed by atoms with van der Waals surface area (Å²) in [4.78, 5) is 0. The molecule has 0 rings (SSSR count). The predicted molar refractivity (Wildman–Crippen MR) is 246 cm³/mol. The van der Waals surface area contributed by atoms with Crippen LogP contribution in [0.4, 0.5) is 0 Å².